The molecule has 31 heavy (non-hydrogen) atoms. The topological polar surface area (TPSA) is 88.5 Å². The third kappa shape index (κ3) is 4.99. The van der Waals surface area contributed by atoms with Crippen LogP contribution in [0.2, 0.25) is 0 Å². The highest BCUT2D eigenvalue weighted by atomic mass is 16.1. The Balaban J connectivity index is 1.32. The van der Waals surface area contributed by atoms with E-state index in [1.165, 1.54) is 11.1 Å². The first-order valence-electron chi connectivity index (χ1n) is 10.6. The molecule has 2 N–H and O–H groups in total. The van der Waals surface area contributed by atoms with E-state index in [0.29, 0.717) is 6.54 Å². The zero-order chi connectivity index (χ0) is 22.0. The maximum atomic E-state index is 12.6. The lowest BCUT2D eigenvalue weighted by atomic mass is 10.1. The van der Waals surface area contributed by atoms with Gasteiger partial charge in [-0.2, -0.15) is 5.10 Å². The lowest BCUT2D eigenvalue weighted by Gasteiger charge is -2.13. The number of aromatic nitrogens is 5. The first kappa shape index (κ1) is 20.8. The summed E-state index contributed by atoms with van der Waals surface area (Å²) in [7, 11) is 0. The molecule has 2 heterocycles. The molecule has 0 aliphatic rings. The average Bonchev–Trinajstić information content (AvgIpc) is 3.28. The summed E-state index contributed by atoms with van der Waals surface area (Å²) in [5.74, 6) is 2.29. The molecule has 0 radical (unpaired) electrons. The van der Waals surface area contributed by atoms with Crippen molar-refractivity contribution in [1.82, 2.24) is 24.7 Å². The SMILES string of the molecule is Cc1ccc2nc(CCc3ccc(NC(=O)C(C)Cn4nc(C)nc4C)cc3)[nH]c2c1. The first-order valence-corrected chi connectivity index (χ1v) is 10.6. The summed E-state index contributed by atoms with van der Waals surface area (Å²) in [6.45, 7) is 8.24. The van der Waals surface area contributed by atoms with Crippen molar-refractivity contribution in [3.8, 4) is 0 Å². The maximum absolute atomic E-state index is 12.6. The van der Waals surface area contributed by atoms with E-state index in [1.807, 2.05) is 32.9 Å². The standard InChI is InChI=1S/C24H28N6O/c1-15-5-11-21-22(13-15)28-23(27-21)12-8-19-6-9-20(10-7-19)26-24(31)16(2)14-30-18(4)25-17(3)29-30/h5-7,9-11,13,16H,8,12,14H2,1-4H3,(H,26,31)(H,27,28). The molecule has 0 bridgehead atoms. The third-order valence-corrected chi connectivity index (χ3v) is 5.42. The van der Waals surface area contributed by atoms with Gasteiger partial charge in [0.05, 0.1) is 23.5 Å². The molecule has 1 unspecified atom stereocenters. The second kappa shape index (κ2) is 8.71. The number of nitrogens with zero attached hydrogens (tertiary/aromatic N) is 4. The minimum Gasteiger partial charge on any atom is -0.342 e. The molecule has 2 aromatic heterocycles. The van der Waals surface area contributed by atoms with Gasteiger partial charge in [0.2, 0.25) is 5.91 Å². The number of imidazole rings is 1. The molecule has 0 spiro atoms. The molecule has 7 nitrogen and oxygen atoms in total. The van der Waals surface area contributed by atoms with E-state index in [9.17, 15) is 4.79 Å². The highest BCUT2D eigenvalue weighted by Gasteiger charge is 2.16. The van der Waals surface area contributed by atoms with Gasteiger partial charge in [-0.1, -0.05) is 25.1 Å². The smallest absolute Gasteiger partial charge is 0.229 e. The van der Waals surface area contributed by atoms with Crippen molar-refractivity contribution in [2.45, 2.75) is 47.1 Å². The largest absolute Gasteiger partial charge is 0.342 e. The Morgan fingerprint density at radius 1 is 1.06 bits per heavy atom. The second-order valence-electron chi connectivity index (χ2n) is 8.18. The molecule has 4 aromatic rings. The van der Waals surface area contributed by atoms with Crippen molar-refractivity contribution >= 4 is 22.6 Å². The van der Waals surface area contributed by atoms with Gasteiger partial charge >= 0.3 is 0 Å². The number of hydrogen-bond acceptors (Lipinski definition) is 4. The van der Waals surface area contributed by atoms with Crippen LogP contribution < -0.4 is 5.32 Å². The van der Waals surface area contributed by atoms with E-state index in [2.05, 4.69) is 62.6 Å². The monoisotopic (exact) mass is 416 g/mol. The lowest BCUT2D eigenvalue weighted by Crippen LogP contribution is -2.25. The normalized spacial score (nSPS) is 12.3. The van der Waals surface area contributed by atoms with Crippen LogP contribution in [0.4, 0.5) is 5.69 Å². The fourth-order valence-corrected chi connectivity index (χ4v) is 3.65. The van der Waals surface area contributed by atoms with Crippen molar-refractivity contribution in [2.24, 2.45) is 5.92 Å². The van der Waals surface area contributed by atoms with Crippen LogP contribution in [0.3, 0.4) is 0 Å². The Morgan fingerprint density at radius 2 is 1.84 bits per heavy atom. The fraction of sp³-hybridized carbons (Fsp3) is 0.333. The molecule has 0 aliphatic carbocycles. The van der Waals surface area contributed by atoms with E-state index >= 15 is 0 Å². The number of carbonyl (C=O) groups excluding carboxylic acids is 1. The fourth-order valence-electron chi connectivity index (χ4n) is 3.65. The number of carbonyl (C=O) groups is 1. The van der Waals surface area contributed by atoms with Crippen molar-refractivity contribution < 1.29 is 4.79 Å². The molecule has 2 aromatic carbocycles. The summed E-state index contributed by atoms with van der Waals surface area (Å²) in [5.41, 5.74) is 5.31. The van der Waals surface area contributed by atoms with Gasteiger partial charge in [0, 0.05) is 12.1 Å². The van der Waals surface area contributed by atoms with Crippen LogP contribution in [-0.2, 0) is 24.2 Å². The van der Waals surface area contributed by atoms with Crippen molar-refractivity contribution in [2.75, 3.05) is 5.32 Å². The molecular weight excluding hydrogens is 388 g/mol. The number of benzene rings is 2. The third-order valence-electron chi connectivity index (χ3n) is 5.42. The van der Waals surface area contributed by atoms with E-state index in [0.717, 1.165) is 47.0 Å². The van der Waals surface area contributed by atoms with E-state index in [4.69, 9.17) is 0 Å². The summed E-state index contributed by atoms with van der Waals surface area (Å²) in [6, 6.07) is 14.3. The maximum Gasteiger partial charge on any atom is 0.229 e. The predicted molar refractivity (Wildman–Crippen MR) is 122 cm³/mol. The molecule has 0 aliphatic heterocycles. The van der Waals surface area contributed by atoms with Crippen molar-refractivity contribution in [3.63, 3.8) is 0 Å². The van der Waals surface area contributed by atoms with E-state index < -0.39 is 0 Å². The molecule has 1 amide bonds. The zero-order valence-corrected chi connectivity index (χ0v) is 18.4. The molecule has 0 fully saturated rings. The molecule has 1 atom stereocenters. The number of nitrogens with one attached hydrogen (secondary N) is 2. The van der Waals surface area contributed by atoms with E-state index in [-0.39, 0.29) is 11.8 Å². The Labute approximate surface area is 181 Å². The van der Waals surface area contributed by atoms with Crippen LogP contribution in [0.25, 0.3) is 11.0 Å². The number of fused-ring (bicyclic) bond motifs is 1. The quantitative estimate of drug-likeness (QED) is 0.474. The van der Waals surface area contributed by atoms with E-state index in [1.54, 1.807) is 4.68 Å². The minimum atomic E-state index is -0.212. The number of hydrogen-bond donors (Lipinski definition) is 2. The predicted octanol–water partition coefficient (Wildman–Crippen LogP) is 4.14. The number of amides is 1. The molecule has 0 saturated heterocycles. The highest BCUT2D eigenvalue weighted by molar-refractivity contribution is 5.92. The van der Waals surface area contributed by atoms with Crippen LogP contribution in [0.5, 0.6) is 0 Å². The number of rotatable bonds is 7. The van der Waals surface area contributed by atoms with Crippen molar-refractivity contribution in [1.29, 1.82) is 0 Å². The Kier molecular flexibility index (Phi) is 5.84. The van der Waals surface area contributed by atoms with Crippen LogP contribution in [0.1, 0.15) is 35.5 Å². The van der Waals surface area contributed by atoms with Crippen molar-refractivity contribution in [3.05, 3.63) is 71.1 Å². The summed E-state index contributed by atoms with van der Waals surface area (Å²) in [6.07, 6.45) is 1.72. The Hall–Kier alpha value is -3.48. The van der Waals surface area contributed by atoms with Gasteiger partial charge in [0.25, 0.3) is 0 Å². The molecule has 160 valence electrons. The number of H-pyrrole nitrogens is 1. The summed E-state index contributed by atoms with van der Waals surface area (Å²) >= 11 is 0. The summed E-state index contributed by atoms with van der Waals surface area (Å²) in [4.78, 5) is 24.9. The second-order valence-corrected chi connectivity index (χ2v) is 8.18. The van der Waals surface area contributed by atoms with Gasteiger partial charge in [-0.25, -0.2) is 14.6 Å². The van der Waals surface area contributed by atoms with Gasteiger partial charge in [-0.15, -0.1) is 0 Å². The van der Waals surface area contributed by atoms with Crippen LogP contribution in [-0.4, -0.2) is 30.6 Å². The first-order chi connectivity index (χ1) is 14.9. The molecule has 0 saturated carbocycles. The Morgan fingerprint density at radius 3 is 2.55 bits per heavy atom. The summed E-state index contributed by atoms with van der Waals surface area (Å²) < 4.78 is 1.78. The van der Waals surface area contributed by atoms with Gasteiger partial charge in [-0.05, 0) is 62.6 Å². The average molecular weight is 417 g/mol. The summed E-state index contributed by atoms with van der Waals surface area (Å²) in [5, 5.41) is 7.33. The molecule has 7 heteroatoms. The van der Waals surface area contributed by atoms with Gasteiger partial charge in [0.15, 0.2) is 0 Å². The Bertz CT molecular complexity index is 1200. The van der Waals surface area contributed by atoms with Gasteiger partial charge in [-0.3, -0.25) is 4.79 Å². The highest BCUT2D eigenvalue weighted by Crippen LogP contribution is 2.16. The number of anilines is 1. The number of aryl methyl sites for hydroxylation is 5. The van der Waals surface area contributed by atoms with Gasteiger partial charge < -0.3 is 10.3 Å². The zero-order valence-electron chi connectivity index (χ0n) is 18.4. The van der Waals surface area contributed by atoms with Crippen LogP contribution >= 0.6 is 0 Å². The number of aromatic amines is 1. The molecular formula is C24H28N6O. The lowest BCUT2D eigenvalue weighted by molar-refractivity contribution is -0.119. The molecule has 4 rings (SSSR count). The van der Waals surface area contributed by atoms with Gasteiger partial charge in [0.1, 0.15) is 17.5 Å². The minimum absolute atomic E-state index is 0.0297. The van der Waals surface area contributed by atoms with Crippen LogP contribution in [0.15, 0.2) is 42.5 Å². The van der Waals surface area contributed by atoms with Crippen LogP contribution in [0, 0.1) is 26.7 Å².